The van der Waals surface area contributed by atoms with Crippen LogP contribution in [0.25, 0.3) is 0 Å². The van der Waals surface area contributed by atoms with Crippen LogP contribution in [-0.2, 0) is 9.59 Å². The Morgan fingerprint density at radius 1 is 1.47 bits per heavy atom. The average Bonchev–Trinajstić information content (AvgIpc) is 2.07. The van der Waals surface area contributed by atoms with Gasteiger partial charge >= 0.3 is 11.9 Å². The number of hydrogen-bond donors (Lipinski definition) is 3. The molecule has 0 saturated carbocycles. The Morgan fingerprint density at radius 2 is 2.00 bits per heavy atom. The van der Waals surface area contributed by atoms with Gasteiger partial charge < -0.3 is 15.9 Å². The number of carboxylic acid groups (broad SMARTS) is 2. The summed E-state index contributed by atoms with van der Waals surface area (Å²) in [4.78, 5) is 21.7. The van der Waals surface area contributed by atoms with Gasteiger partial charge in [0.2, 0.25) is 0 Å². The SMILES string of the molecule is CC1=C(C(=O)O)C=CC(C(=O)O)C1(C)N. The quantitative estimate of drug-likeness (QED) is 0.612. The zero-order valence-corrected chi connectivity index (χ0v) is 8.52. The Balaban J connectivity index is 3.23. The first kappa shape index (κ1) is 11.5. The summed E-state index contributed by atoms with van der Waals surface area (Å²) in [6, 6.07) is 0. The molecule has 1 aliphatic carbocycles. The smallest absolute Gasteiger partial charge is 0.335 e. The van der Waals surface area contributed by atoms with E-state index in [9.17, 15) is 9.59 Å². The van der Waals surface area contributed by atoms with Gasteiger partial charge in [0, 0.05) is 0 Å². The lowest BCUT2D eigenvalue weighted by atomic mass is 9.75. The fraction of sp³-hybridized carbons (Fsp3) is 0.400. The average molecular weight is 211 g/mol. The van der Waals surface area contributed by atoms with E-state index in [2.05, 4.69) is 0 Å². The molecule has 1 aliphatic rings. The maximum Gasteiger partial charge on any atom is 0.335 e. The topological polar surface area (TPSA) is 101 Å². The Morgan fingerprint density at radius 3 is 2.40 bits per heavy atom. The van der Waals surface area contributed by atoms with E-state index in [0.717, 1.165) is 0 Å². The van der Waals surface area contributed by atoms with E-state index in [4.69, 9.17) is 15.9 Å². The van der Waals surface area contributed by atoms with Crippen molar-refractivity contribution in [1.29, 1.82) is 0 Å². The van der Waals surface area contributed by atoms with Crippen LogP contribution in [0.15, 0.2) is 23.3 Å². The zero-order valence-electron chi connectivity index (χ0n) is 8.52. The van der Waals surface area contributed by atoms with E-state index < -0.39 is 23.4 Å². The highest BCUT2D eigenvalue weighted by Crippen LogP contribution is 2.31. The van der Waals surface area contributed by atoms with Crippen molar-refractivity contribution < 1.29 is 19.8 Å². The second kappa shape index (κ2) is 3.51. The summed E-state index contributed by atoms with van der Waals surface area (Å²) in [5.41, 5.74) is 5.13. The lowest BCUT2D eigenvalue weighted by Gasteiger charge is -2.34. The molecule has 0 radical (unpaired) electrons. The molecule has 0 aromatic carbocycles. The molecule has 0 bridgehead atoms. The summed E-state index contributed by atoms with van der Waals surface area (Å²) >= 11 is 0. The van der Waals surface area contributed by atoms with Crippen LogP contribution in [0, 0.1) is 5.92 Å². The van der Waals surface area contributed by atoms with Gasteiger partial charge in [-0.3, -0.25) is 4.79 Å². The molecular weight excluding hydrogens is 198 g/mol. The highest BCUT2D eigenvalue weighted by molar-refractivity contribution is 5.93. The lowest BCUT2D eigenvalue weighted by Crippen LogP contribution is -2.50. The van der Waals surface area contributed by atoms with Crippen LogP contribution in [0.3, 0.4) is 0 Å². The number of rotatable bonds is 2. The summed E-state index contributed by atoms with van der Waals surface area (Å²) in [6.45, 7) is 3.07. The Hall–Kier alpha value is -1.62. The van der Waals surface area contributed by atoms with Crippen molar-refractivity contribution in [2.24, 2.45) is 11.7 Å². The first-order valence-corrected chi connectivity index (χ1v) is 4.43. The molecule has 0 saturated heterocycles. The lowest BCUT2D eigenvalue weighted by molar-refractivity contribution is -0.142. The van der Waals surface area contributed by atoms with Crippen molar-refractivity contribution in [3.05, 3.63) is 23.3 Å². The minimum Gasteiger partial charge on any atom is -0.481 e. The highest BCUT2D eigenvalue weighted by Gasteiger charge is 2.39. The molecule has 82 valence electrons. The maximum atomic E-state index is 10.9. The molecule has 5 nitrogen and oxygen atoms in total. The fourth-order valence-electron chi connectivity index (χ4n) is 1.61. The predicted octanol–water partition coefficient (Wildman–Crippen LogP) is 0.376. The first-order chi connectivity index (χ1) is 6.78. The second-order valence-corrected chi connectivity index (χ2v) is 3.80. The normalized spacial score (nSPS) is 30.5. The van der Waals surface area contributed by atoms with Gasteiger partial charge in [0.25, 0.3) is 0 Å². The standard InChI is InChI=1S/C10H13NO4/c1-5-6(8(12)13)3-4-7(9(14)15)10(5,2)11/h3-4,7H,11H2,1-2H3,(H,12,13)(H,14,15). The van der Waals surface area contributed by atoms with Crippen LogP contribution in [0.5, 0.6) is 0 Å². The molecule has 1 rings (SSSR count). The Bertz CT molecular complexity index is 379. The van der Waals surface area contributed by atoms with Gasteiger partial charge in [-0.15, -0.1) is 0 Å². The van der Waals surface area contributed by atoms with Crippen molar-refractivity contribution in [3.63, 3.8) is 0 Å². The van der Waals surface area contributed by atoms with E-state index in [1.54, 1.807) is 6.92 Å². The minimum absolute atomic E-state index is 0.0671. The highest BCUT2D eigenvalue weighted by atomic mass is 16.4. The van der Waals surface area contributed by atoms with Crippen molar-refractivity contribution >= 4 is 11.9 Å². The summed E-state index contributed by atoms with van der Waals surface area (Å²) in [7, 11) is 0. The first-order valence-electron chi connectivity index (χ1n) is 4.43. The van der Waals surface area contributed by atoms with Gasteiger partial charge in [-0.25, -0.2) is 4.79 Å². The van der Waals surface area contributed by atoms with Crippen molar-refractivity contribution in [1.82, 2.24) is 0 Å². The van der Waals surface area contributed by atoms with Gasteiger partial charge in [-0.1, -0.05) is 12.2 Å². The van der Waals surface area contributed by atoms with Crippen LogP contribution >= 0.6 is 0 Å². The van der Waals surface area contributed by atoms with E-state index >= 15 is 0 Å². The van der Waals surface area contributed by atoms with E-state index in [-0.39, 0.29) is 5.57 Å². The van der Waals surface area contributed by atoms with Crippen LogP contribution in [-0.4, -0.2) is 27.7 Å². The minimum atomic E-state index is -1.16. The zero-order chi connectivity index (χ0) is 11.8. The molecule has 2 atom stereocenters. The van der Waals surface area contributed by atoms with E-state index in [0.29, 0.717) is 5.57 Å². The van der Waals surface area contributed by atoms with Crippen LogP contribution in [0.4, 0.5) is 0 Å². The molecule has 0 spiro atoms. The Kier molecular flexibility index (Phi) is 2.68. The number of carbonyl (C=O) groups is 2. The van der Waals surface area contributed by atoms with Crippen molar-refractivity contribution in [3.8, 4) is 0 Å². The van der Waals surface area contributed by atoms with Crippen molar-refractivity contribution in [2.75, 3.05) is 0 Å². The second-order valence-electron chi connectivity index (χ2n) is 3.80. The molecule has 5 heteroatoms. The maximum absolute atomic E-state index is 10.9. The monoisotopic (exact) mass is 211 g/mol. The molecule has 4 N–H and O–H groups in total. The number of carboxylic acids is 2. The molecular formula is C10H13NO4. The molecule has 0 fully saturated rings. The van der Waals surface area contributed by atoms with Crippen LogP contribution in [0.1, 0.15) is 13.8 Å². The summed E-state index contributed by atoms with van der Waals surface area (Å²) in [5, 5.41) is 17.8. The van der Waals surface area contributed by atoms with Crippen molar-refractivity contribution in [2.45, 2.75) is 19.4 Å². The third kappa shape index (κ3) is 1.78. The largest absolute Gasteiger partial charge is 0.481 e. The predicted molar refractivity (Wildman–Crippen MR) is 53.2 cm³/mol. The molecule has 0 aromatic rings. The van der Waals surface area contributed by atoms with Gasteiger partial charge in [0.1, 0.15) is 0 Å². The third-order valence-electron chi connectivity index (χ3n) is 2.81. The van der Waals surface area contributed by atoms with E-state index in [1.165, 1.54) is 19.1 Å². The number of hydrogen-bond acceptors (Lipinski definition) is 3. The Labute approximate surface area is 86.9 Å². The van der Waals surface area contributed by atoms with Crippen LogP contribution < -0.4 is 5.73 Å². The molecule has 0 aromatic heterocycles. The molecule has 0 aliphatic heterocycles. The summed E-state index contributed by atoms with van der Waals surface area (Å²) < 4.78 is 0. The molecule has 2 unspecified atom stereocenters. The summed E-state index contributed by atoms with van der Waals surface area (Å²) in [5.74, 6) is -3.04. The van der Waals surface area contributed by atoms with Crippen LogP contribution in [0.2, 0.25) is 0 Å². The third-order valence-corrected chi connectivity index (χ3v) is 2.81. The molecule has 15 heavy (non-hydrogen) atoms. The molecule has 0 heterocycles. The van der Waals surface area contributed by atoms with Gasteiger partial charge in [-0.05, 0) is 19.4 Å². The van der Waals surface area contributed by atoms with Gasteiger partial charge in [-0.2, -0.15) is 0 Å². The number of aliphatic carboxylic acids is 2. The summed E-state index contributed by atoms with van der Waals surface area (Å²) in [6.07, 6.45) is 2.61. The van der Waals surface area contributed by atoms with E-state index in [1.807, 2.05) is 0 Å². The number of nitrogens with two attached hydrogens (primary N) is 1. The molecule has 0 amide bonds. The van der Waals surface area contributed by atoms with Gasteiger partial charge in [0.15, 0.2) is 0 Å². The fourth-order valence-corrected chi connectivity index (χ4v) is 1.61. The van der Waals surface area contributed by atoms with Gasteiger partial charge in [0.05, 0.1) is 17.0 Å².